The largest absolute Gasteiger partial charge is 0.354 e. The number of hydrogen-bond acceptors (Lipinski definition) is 6. The van der Waals surface area contributed by atoms with Gasteiger partial charge < -0.3 is 14.9 Å². The Hall–Kier alpha value is -2.72. The number of piperazine rings is 1. The standard InChI is InChI=1S/C19H24N6O3S/c1-12(2)18-20-13(3)10-17(23-18)24-6-8-25(9-7-24)29(27,28)14-4-5-15-16(11-14)22-19(26)21-15/h4-5,10-12H,6-9H2,1-3H3,(H2,21,22,26). The minimum Gasteiger partial charge on any atom is -0.354 e. The molecule has 0 saturated carbocycles. The first-order valence-corrected chi connectivity index (χ1v) is 11.0. The van der Waals surface area contributed by atoms with Gasteiger partial charge in [0.15, 0.2) is 0 Å². The predicted octanol–water partition coefficient (Wildman–Crippen LogP) is 1.59. The molecular formula is C19H24N6O3S. The maximum Gasteiger partial charge on any atom is 0.323 e. The highest BCUT2D eigenvalue weighted by molar-refractivity contribution is 7.89. The summed E-state index contributed by atoms with van der Waals surface area (Å²) in [6, 6.07) is 6.56. The van der Waals surface area contributed by atoms with Crippen molar-refractivity contribution in [2.75, 3.05) is 31.1 Å². The fourth-order valence-corrected chi connectivity index (χ4v) is 4.92. The third-order valence-corrected chi connectivity index (χ3v) is 6.96. The van der Waals surface area contributed by atoms with Crippen molar-refractivity contribution in [3.8, 4) is 0 Å². The maximum absolute atomic E-state index is 13.1. The van der Waals surface area contributed by atoms with Crippen molar-refractivity contribution in [3.05, 3.63) is 46.3 Å². The zero-order valence-corrected chi connectivity index (χ0v) is 17.5. The molecule has 4 rings (SSSR count). The normalized spacial score (nSPS) is 16.1. The first kappa shape index (κ1) is 19.6. The Morgan fingerprint density at radius 1 is 1.00 bits per heavy atom. The molecule has 1 saturated heterocycles. The number of aromatic nitrogens is 4. The molecule has 10 heteroatoms. The van der Waals surface area contributed by atoms with Gasteiger partial charge in [-0.25, -0.2) is 23.2 Å². The number of aryl methyl sites for hydroxylation is 1. The van der Waals surface area contributed by atoms with Crippen molar-refractivity contribution in [1.82, 2.24) is 24.2 Å². The summed E-state index contributed by atoms with van der Waals surface area (Å²) in [6.45, 7) is 7.88. The molecule has 0 bridgehead atoms. The van der Waals surface area contributed by atoms with Gasteiger partial charge in [0.25, 0.3) is 0 Å². The number of anilines is 1. The van der Waals surface area contributed by atoms with Crippen LogP contribution in [0.3, 0.4) is 0 Å². The number of nitrogens with zero attached hydrogens (tertiary/aromatic N) is 4. The second kappa shape index (κ2) is 7.27. The Balaban J connectivity index is 1.53. The topological polar surface area (TPSA) is 115 Å². The molecule has 3 heterocycles. The van der Waals surface area contributed by atoms with E-state index in [1.807, 2.05) is 13.0 Å². The fourth-order valence-electron chi connectivity index (χ4n) is 3.47. The molecule has 3 aromatic rings. The van der Waals surface area contributed by atoms with E-state index in [2.05, 4.69) is 38.7 Å². The number of hydrogen-bond donors (Lipinski definition) is 2. The van der Waals surface area contributed by atoms with E-state index in [9.17, 15) is 13.2 Å². The molecular weight excluding hydrogens is 392 g/mol. The third kappa shape index (κ3) is 3.77. The lowest BCUT2D eigenvalue weighted by Crippen LogP contribution is -2.49. The van der Waals surface area contributed by atoms with E-state index in [-0.39, 0.29) is 16.5 Å². The highest BCUT2D eigenvalue weighted by Gasteiger charge is 2.29. The minimum atomic E-state index is -3.64. The van der Waals surface area contributed by atoms with E-state index in [0.29, 0.717) is 37.2 Å². The van der Waals surface area contributed by atoms with Crippen LogP contribution < -0.4 is 10.6 Å². The van der Waals surface area contributed by atoms with Crippen molar-refractivity contribution >= 4 is 26.9 Å². The Kier molecular flexibility index (Phi) is 4.91. The second-order valence-electron chi connectivity index (χ2n) is 7.56. The number of benzene rings is 1. The van der Waals surface area contributed by atoms with Gasteiger partial charge in [0.05, 0.1) is 15.9 Å². The number of rotatable bonds is 4. The van der Waals surface area contributed by atoms with Gasteiger partial charge in [-0.2, -0.15) is 4.31 Å². The van der Waals surface area contributed by atoms with Gasteiger partial charge in [-0.15, -0.1) is 0 Å². The van der Waals surface area contributed by atoms with Gasteiger partial charge >= 0.3 is 5.69 Å². The van der Waals surface area contributed by atoms with E-state index in [0.717, 1.165) is 17.3 Å². The summed E-state index contributed by atoms with van der Waals surface area (Å²) in [5, 5.41) is 0. The molecule has 9 nitrogen and oxygen atoms in total. The number of sulfonamides is 1. The molecule has 0 spiro atoms. The SMILES string of the molecule is Cc1cc(N2CCN(S(=O)(=O)c3ccc4[nH]c(=O)[nH]c4c3)CC2)nc(C(C)C)n1. The molecule has 154 valence electrons. The fraction of sp³-hybridized carbons (Fsp3) is 0.421. The molecule has 2 N–H and O–H groups in total. The van der Waals surface area contributed by atoms with Gasteiger partial charge in [-0.05, 0) is 25.1 Å². The molecule has 0 radical (unpaired) electrons. The van der Waals surface area contributed by atoms with Crippen LogP contribution in [-0.2, 0) is 10.0 Å². The third-order valence-electron chi connectivity index (χ3n) is 5.06. The van der Waals surface area contributed by atoms with Crippen LogP contribution in [0.15, 0.2) is 34.0 Å². The highest BCUT2D eigenvalue weighted by Crippen LogP contribution is 2.23. The first-order valence-electron chi connectivity index (χ1n) is 9.57. The lowest BCUT2D eigenvalue weighted by molar-refractivity contribution is 0.383. The monoisotopic (exact) mass is 416 g/mol. The lowest BCUT2D eigenvalue weighted by Gasteiger charge is -2.35. The van der Waals surface area contributed by atoms with Crippen molar-refractivity contribution < 1.29 is 8.42 Å². The number of H-pyrrole nitrogens is 2. The van der Waals surface area contributed by atoms with Crippen molar-refractivity contribution in [3.63, 3.8) is 0 Å². The number of aromatic amines is 2. The van der Waals surface area contributed by atoms with Crippen LogP contribution in [0.1, 0.15) is 31.3 Å². The Bertz CT molecular complexity index is 1210. The predicted molar refractivity (Wildman–Crippen MR) is 111 cm³/mol. The molecule has 0 aliphatic carbocycles. The summed E-state index contributed by atoms with van der Waals surface area (Å²) < 4.78 is 27.6. The summed E-state index contributed by atoms with van der Waals surface area (Å²) in [7, 11) is -3.64. The molecule has 0 atom stereocenters. The summed E-state index contributed by atoms with van der Waals surface area (Å²) in [5.74, 6) is 1.86. The van der Waals surface area contributed by atoms with E-state index in [1.165, 1.54) is 16.4 Å². The number of imidazole rings is 1. The van der Waals surface area contributed by atoms with Gasteiger partial charge in [-0.3, -0.25) is 0 Å². The quantitative estimate of drug-likeness (QED) is 0.667. The first-order chi connectivity index (χ1) is 13.7. The summed E-state index contributed by atoms with van der Waals surface area (Å²) >= 11 is 0. The average molecular weight is 417 g/mol. The maximum atomic E-state index is 13.1. The lowest BCUT2D eigenvalue weighted by atomic mass is 10.2. The zero-order valence-electron chi connectivity index (χ0n) is 16.6. The van der Waals surface area contributed by atoms with Crippen molar-refractivity contribution in [2.24, 2.45) is 0 Å². The molecule has 0 amide bonds. The number of nitrogens with one attached hydrogen (secondary N) is 2. The van der Waals surface area contributed by atoms with E-state index >= 15 is 0 Å². The van der Waals surface area contributed by atoms with Crippen molar-refractivity contribution in [1.29, 1.82) is 0 Å². The molecule has 1 aliphatic rings. The van der Waals surface area contributed by atoms with Crippen LogP contribution >= 0.6 is 0 Å². The molecule has 1 aliphatic heterocycles. The summed E-state index contributed by atoms with van der Waals surface area (Å²) in [5.41, 5.74) is 1.61. The van der Waals surface area contributed by atoms with Gasteiger partial charge in [-0.1, -0.05) is 13.8 Å². The Morgan fingerprint density at radius 3 is 2.38 bits per heavy atom. The van der Waals surface area contributed by atoms with Crippen LogP contribution in [0, 0.1) is 6.92 Å². The summed E-state index contributed by atoms with van der Waals surface area (Å²) in [6.07, 6.45) is 0. The van der Waals surface area contributed by atoms with Crippen LogP contribution in [0.2, 0.25) is 0 Å². The van der Waals surface area contributed by atoms with Crippen LogP contribution in [0.5, 0.6) is 0 Å². The van der Waals surface area contributed by atoms with Crippen LogP contribution in [0.4, 0.5) is 5.82 Å². The Morgan fingerprint density at radius 2 is 1.69 bits per heavy atom. The van der Waals surface area contributed by atoms with Gasteiger partial charge in [0, 0.05) is 43.9 Å². The van der Waals surface area contributed by atoms with E-state index in [1.54, 1.807) is 6.07 Å². The second-order valence-corrected chi connectivity index (χ2v) is 9.50. The molecule has 1 fully saturated rings. The molecule has 1 aromatic carbocycles. The van der Waals surface area contributed by atoms with Crippen LogP contribution in [-0.4, -0.2) is 58.8 Å². The molecule has 0 unspecified atom stereocenters. The minimum absolute atomic E-state index is 0.175. The molecule has 29 heavy (non-hydrogen) atoms. The smallest absolute Gasteiger partial charge is 0.323 e. The van der Waals surface area contributed by atoms with E-state index in [4.69, 9.17) is 0 Å². The number of fused-ring (bicyclic) bond motifs is 1. The highest BCUT2D eigenvalue weighted by atomic mass is 32.2. The van der Waals surface area contributed by atoms with Crippen molar-refractivity contribution in [2.45, 2.75) is 31.6 Å². The zero-order chi connectivity index (χ0) is 20.8. The van der Waals surface area contributed by atoms with Gasteiger partial charge in [0.2, 0.25) is 10.0 Å². The van der Waals surface area contributed by atoms with E-state index < -0.39 is 10.0 Å². The average Bonchev–Trinajstić information content (AvgIpc) is 3.06. The molecule has 2 aromatic heterocycles. The summed E-state index contributed by atoms with van der Waals surface area (Å²) in [4.78, 5) is 28.0. The van der Waals surface area contributed by atoms with Crippen LogP contribution in [0.25, 0.3) is 11.0 Å². The Labute approximate surface area is 168 Å². The van der Waals surface area contributed by atoms with Gasteiger partial charge in [0.1, 0.15) is 11.6 Å².